The van der Waals surface area contributed by atoms with Crippen LogP contribution >= 0.6 is 0 Å². The van der Waals surface area contributed by atoms with Gasteiger partial charge in [0.2, 0.25) is 0 Å². The van der Waals surface area contributed by atoms with Crippen molar-refractivity contribution < 1.29 is 28.6 Å². The number of anilines is 1. The number of methoxy groups -OCH3 is 1. The molecule has 0 aliphatic heterocycles. The zero-order valence-corrected chi connectivity index (χ0v) is 15.9. The number of aromatic carboxylic acids is 1. The molecule has 0 spiro atoms. The van der Waals surface area contributed by atoms with Crippen LogP contribution in [0.5, 0.6) is 5.75 Å². The fourth-order valence-corrected chi connectivity index (χ4v) is 2.58. The van der Waals surface area contributed by atoms with Gasteiger partial charge < -0.3 is 29.7 Å². The summed E-state index contributed by atoms with van der Waals surface area (Å²) in [4.78, 5) is 36.4. The number of hydrogen-bond acceptors (Lipinski definition) is 6. The van der Waals surface area contributed by atoms with Crippen molar-refractivity contribution in [2.24, 2.45) is 0 Å². The summed E-state index contributed by atoms with van der Waals surface area (Å²) >= 11 is 0. The van der Waals surface area contributed by atoms with E-state index in [9.17, 15) is 19.5 Å². The van der Waals surface area contributed by atoms with Crippen molar-refractivity contribution in [3.8, 4) is 5.75 Å². The number of carbonyl (C=O) groups is 3. The molecule has 152 valence electrons. The highest BCUT2D eigenvalue weighted by atomic mass is 16.5. The third-order valence-electron chi connectivity index (χ3n) is 4.05. The number of carbonyl (C=O) groups excluding carboxylic acids is 3. The van der Waals surface area contributed by atoms with E-state index in [4.69, 9.17) is 9.15 Å². The van der Waals surface area contributed by atoms with Crippen molar-refractivity contribution in [2.45, 2.75) is 0 Å². The summed E-state index contributed by atoms with van der Waals surface area (Å²) in [6.45, 7) is 0. The van der Waals surface area contributed by atoms with Crippen LogP contribution in [0.2, 0.25) is 0 Å². The molecule has 3 rings (SSSR count). The van der Waals surface area contributed by atoms with Crippen molar-refractivity contribution in [3.05, 3.63) is 89.5 Å². The van der Waals surface area contributed by atoms with E-state index in [1.54, 1.807) is 36.4 Å². The van der Waals surface area contributed by atoms with Crippen LogP contribution < -0.4 is 20.5 Å². The minimum Gasteiger partial charge on any atom is -0.545 e. The standard InChI is InChI=1S/C22H18N2O6/c1-29-19-7-3-2-6-17(19)20(25)24-18(13-16-5-4-12-30-16)21(26)23-15-10-8-14(9-11-15)22(27)28/h2-13H,1H3,(H,23,26)(H,24,25)(H,27,28)/p-1/b18-13+. The zero-order chi connectivity index (χ0) is 21.5. The molecule has 2 aromatic carbocycles. The fraction of sp³-hybridized carbons (Fsp3) is 0.0455. The summed E-state index contributed by atoms with van der Waals surface area (Å²) in [5.74, 6) is -1.79. The van der Waals surface area contributed by atoms with Crippen LogP contribution in [0.1, 0.15) is 26.5 Å². The van der Waals surface area contributed by atoms with Crippen LogP contribution in [0.4, 0.5) is 5.69 Å². The van der Waals surface area contributed by atoms with Gasteiger partial charge in [0.05, 0.1) is 24.9 Å². The second kappa shape index (κ2) is 9.24. The van der Waals surface area contributed by atoms with E-state index in [0.717, 1.165) is 0 Å². The third kappa shape index (κ3) is 4.93. The van der Waals surface area contributed by atoms with Gasteiger partial charge in [-0.3, -0.25) is 9.59 Å². The highest BCUT2D eigenvalue weighted by Crippen LogP contribution is 2.18. The lowest BCUT2D eigenvalue weighted by Gasteiger charge is -2.13. The Balaban J connectivity index is 1.84. The molecule has 0 bridgehead atoms. The van der Waals surface area contributed by atoms with Crippen LogP contribution in [0.15, 0.2) is 77.0 Å². The van der Waals surface area contributed by atoms with Gasteiger partial charge >= 0.3 is 0 Å². The summed E-state index contributed by atoms with van der Waals surface area (Å²) in [7, 11) is 1.44. The maximum absolute atomic E-state index is 12.8. The fourth-order valence-electron chi connectivity index (χ4n) is 2.58. The molecule has 0 unspecified atom stereocenters. The second-order valence-corrected chi connectivity index (χ2v) is 6.05. The molecule has 2 amide bonds. The summed E-state index contributed by atoms with van der Waals surface area (Å²) in [5.41, 5.74) is 0.479. The molecule has 0 aliphatic carbocycles. The Bertz CT molecular complexity index is 1090. The Morgan fingerprint density at radius 1 is 1.00 bits per heavy atom. The normalized spacial score (nSPS) is 10.9. The van der Waals surface area contributed by atoms with E-state index in [0.29, 0.717) is 17.2 Å². The minimum atomic E-state index is -1.32. The molecule has 8 heteroatoms. The first kappa shape index (κ1) is 20.4. The minimum absolute atomic E-state index is 0.0242. The molecule has 3 aromatic rings. The molecule has 0 atom stereocenters. The lowest BCUT2D eigenvalue weighted by molar-refractivity contribution is -0.255. The maximum Gasteiger partial charge on any atom is 0.272 e. The average Bonchev–Trinajstić information content (AvgIpc) is 3.26. The molecule has 0 radical (unpaired) electrons. The quantitative estimate of drug-likeness (QED) is 0.581. The van der Waals surface area contributed by atoms with Crippen molar-refractivity contribution in [1.29, 1.82) is 0 Å². The zero-order valence-electron chi connectivity index (χ0n) is 15.9. The number of benzene rings is 2. The molecular weight excluding hydrogens is 388 g/mol. The summed E-state index contributed by atoms with van der Waals surface area (Å²) in [5, 5.41) is 16.0. The molecule has 0 saturated heterocycles. The van der Waals surface area contributed by atoms with E-state index in [1.807, 2.05) is 0 Å². The van der Waals surface area contributed by atoms with Crippen molar-refractivity contribution in [1.82, 2.24) is 5.32 Å². The van der Waals surface area contributed by atoms with Gasteiger partial charge in [-0.05, 0) is 42.0 Å². The molecule has 8 nitrogen and oxygen atoms in total. The van der Waals surface area contributed by atoms with Crippen LogP contribution in [0, 0.1) is 0 Å². The SMILES string of the molecule is COc1ccccc1C(=O)N/C(=C/c1ccco1)C(=O)Nc1ccc(C(=O)[O-])cc1. The van der Waals surface area contributed by atoms with Crippen LogP contribution in [-0.2, 0) is 4.79 Å². The number of rotatable bonds is 7. The number of hydrogen-bond donors (Lipinski definition) is 2. The Labute approximate surface area is 171 Å². The number of para-hydroxylation sites is 1. The molecule has 30 heavy (non-hydrogen) atoms. The van der Waals surface area contributed by atoms with E-state index in [-0.39, 0.29) is 16.8 Å². The van der Waals surface area contributed by atoms with Gasteiger partial charge in [-0.1, -0.05) is 24.3 Å². The first-order valence-electron chi connectivity index (χ1n) is 8.80. The molecule has 2 N–H and O–H groups in total. The Hall–Kier alpha value is -4.33. The number of carboxylic acid groups (broad SMARTS) is 1. The number of carboxylic acids is 1. The second-order valence-electron chi connectivity index (χ2n) is 6.05. The third-order valence-corrected chi connectivity index (χ3v) is 4.05. The number of ether oxygens (including phenoxy) is 1. The van der Waals surface area contributed by atoms with Crippen molar-refractivity contribution in [2.75, 3.05) is 12.4 Å². The van der Waals surface area contributed by atoms with Crippen LogP contribution in [-0.4, -0.2) is 24.9 Å². The molecule has 0 fully saturated rings. The van der Waals surface area contributed by atoms with E-state index in [1.165, 1.54) is 43.7 Å². The predicted octanol–water partition coefficient (Wildman–Crippen LogP) is 2.06. The summed E-state index contributed by atoms with van der Waals surface area (Å²) in [6, 6.07) is 15.3. The smallest absolute Gasteiger partial charge is 0.272 e. The largest absolute Gasteiger partial charge is 0.545 e. The Morgan fingerprint density at radius 2 is 1.73 bits per heavy atom. The van der Waals surface area contributed by atoms with Gasteiger partial charge in [0.15, 0.2) is 0 Å². The predicted molar refractivity (Wildman–Crippen MR) is 107 cm³/mol. The molecule has 1 heterocycles. The van der Waals surface area contributed by atoms with Gasteiger partial charge in [-0.2, -0.15) is 0 Å². The molecular formula is C22H17N2O6-. The van der Waals surface area contributed by atoms with Crippen molar-refractivity contribution >= 4 is 29.5 Å². The van der Waals surface area contributed by atoms with Gasteiger partial charge in [-0.25, -0.2) is 0 Å². The van der Waals surface area contributed by atoms with E-state index >= 15 is 0 Å². The van der Waals surface area contributed by atoms with Gasteiger partial charge in [-0.15, -0.1) is 0 Å². The molecule has 0 saturated carbocycles. The first-order valence-corrected chi connectivity index (χ1v) is 8.80. The number of nitrogens with one attached hydrogen (secondary N) is 2. The molecule has 1 aromatic heterocycles. The Morgan fingerprint density at radius 3 is 2.37 bits per heavy atom. The number of furan rings is 1. The topological polar surface area (TPSA) is 121 Å². The van der Waals surface area contributed by atoms with Gasteiger partial charge in [0, 0.05) is 11.8 Å². The molecule has 0 aliphatic rings. The monoisotopic (exact) mass is 405 g/mol. The summed E-state index contributed by atoms with van der Waals surface area (Å²) < 4.78 is 10.4. The lowest BCUT2D eigenvalue weighted by Crippen LogP contribution is -2.31. The highest BCUT2D eigenvalue weighted by Gasteiger charge is 2.18. The van der Waals surface area contributed by atoms with E-state index in [2.05, 4.69) is 10.6 Å². The summed E-state index contributed by atoms with van der Waals surface area (Å²) in [6.07, 6.45) is 2.81. The average molecular weight is 405 g/mol. The Kier molecular flexibility index (Phi) is 6.29. The van der Waals surface area contributed by atoms with Crippen molar-refractivity contribution in [3.63, 3.8) is 0 Å². The van der Waals surface area contributed by atoms with Crippen LogP contribution in [0.25, 0.3) is 6.08 Å². The van der Waals surface area contributed by atoms with Gasteiger partial charge in [0.25, 0.3) is 11.8 Å². The van der Waals surface area contributed by atoms with E-state index < -0.39 is 17.8 Å². The maximum atomic E-state index is 12.8. The number of amides is 2. The lowest BCUT2D eigenvalue weighted by atomic mass is 10.1. The first-order chi connectivity index (χ1) is 14.5. The van der Waals surface area contributed by atoms with Gasteiger partial charge in [0.1, 0.15) is 17.2 Å². The highest BCUT2D eigenvalue weighted by molar-refractivity contribution is 6.11. The van der Waals surface area contributed by atoms with Crippen LogP contribution in [0.3, 0.4) is 0 Å².